The van der Waals surface area contributed by atoms with Crippen LogP contribution in [0.15, 0.2) is 30.3 Å². The Morgan fingerprint density at radius 3 is 2.58 bits per heavy atom. The first-order valence-electron chi connectivity index (χ1n) is 6.76. The Bertz CT molecular complexity index is 366. The van der Waals surface area contributed by atoms with Gasteiger partial charge in [-0.25, -0.2) is 0 Å². The molecule has 1 aromatic rings. The Morgan fingerprint density at radius 2 is 1.95 bits per heavy atom. The zero-order valence-electron chi connectivity index (χ0n) is 11.4. The zero-order valence-corrected chi connectivity index (χ0v) is 13.0. The Balaban J connectivity index is 1.97. The molecule has 0 spiro atoms. The van der Waals surface area contributed by atoms with Crippen LogP contribution in [0.5, 0.6) is 0 Å². The van der Waals surface area contributed by atoms with Gasteiger partial charge in [-0.05, 0) is 30.4 Å². The normalized spacial score (nSPS) is 20.1. The summed E-state index contributed by atoms with van der Waals surface area (Å²) in [5.41, 5.74) is 0.942. The van der Waals surface area contributed by atoms with Crippen molar-refractivity contribution in [1.29, 1.82) is 0 Å². The molecule has 106 valence electrons. The quantitative estimate of drug-likeness (QED) is 0.870. The van der Waals surface area contributed by atoms with Gasteiger partial charge in [0.2, 0.25) is 0 Å². The van der Waals surface area contributed by atoms with E-state index in [0.29, 0.717) is 17.6 Å². The van der Waals surface area contributed by atoms with Crippen molar-refractivity contribution in [3.63, 3.8) is 0 Å². The van der Waals surface area contributed by atoms with Crippen molar-refractivity contribution in [2.45, 2.75) is 36.6 Å². The molecule has 1 aliphatic rings. The summed E-state index contributed by atoms with van der Waals surface area (Å²) in [6, 6.07) is 10.3. The SMILES string of the molecule is CC(CCO)(OCc1ccccc1)C1SCCCS1. The fourth-order valence-electron chi connectivity index (χ4n) is 2.14. The maximum atomic E-state index is 9.33. The topological polar surface area (TPSA) is 29.5 Å². The number of thioether (sulfide) groups is 2. The van der Waals surface area contributed by atoms with Gasteiger partial charge in [-0.1, -0.05) is 30.3 Å². The van der Waals surface area contributed by atoms with E-state index in [1.165, 1.54) is 23.5 Å². The lowest BCUT2D eigenvalue weighted by atomic mass is 10.1. The highest BCUT2D eigenvalue weighted by Gasteiger charge is 2.36. The first kappa shape index (κ1) is 15.2. The van der Waals surface area contributed by atoms with Crippen LogP contribution in [0.3, 0.4) is 0 Å². The average Bonchev–Trinajstić information content (AvgIpc) is 2.48. The molecule has 19 heavy (non-hydrogen) atoms. The van der Waals surface area contributed by atoms with E-state index in [2.05, 4.69) is 19.1 Å². The van der Waals surface area contributed by atoms with Crippen LogP contribution in [0, 0.1) is 0 Å². The standard InChI is InChI=1S/C15H22O2S2/c1-15(8-9-16,14-18-10-5-11-19-14)17-12-13-6-3-2-4-7-13/h2-4,6-7,14,16H,5,8-12H2,1H3. The van der Waals surface area contributed by atoms with E-state index in [9.17, 15) is 5.11 Å². The molecule has 0 radical (unpaired) electrons. The van der Waals surface area contributed by atoms with Crippen molar-refractivity contribution in [3.05, 3.63) is 35.9 Å². The molecule has 1 heterocycles. The highest BCUT2D eigenvalue weighted by atomic mass is 32.2. The smallest absolute Gasteiger partial charge is 0.0889 e. The second-order valence-electron chi connectivity index (χ2n) is 4.99. The molecule has 1 fully saturated rings. The summed E-state index contributed by atoms with van der Waals surface area (Å²) in [4.78, 5) is 0. The van der Waals surface area contributed by atoms with Crippen molar-refractivity contribution in [3.8, 4) is 0 Å². The highest BCUT2D eigenvalue weighted by molar-refractivity contribution is 8.17. The van der Waals surface area contributed by atoms with Gasteiger partial charge in [0, 0.05) is 13.0 Å². The van der Waals surface area contributed by atoms with Crippen molar-refractivity contribution in [2.24, 2.45) is 0 Å². The summed E-state index contributed by atoms with van der Waals surface area (Å²) >= 11 is 3.94. The Labute approximate surface area is 124 Å². The average molecular weight is 298 g/mol. The lowest BCUT2D eigenvalue weighted by Crippen LogP contribution is -2.40. The Kier molecular flexibility index (Phi) is 6.07. The van der Waals surface area contributed by atoms with Crippen LogP contribution in [0.25, 0.3) is 0 Å². The van der Waals surface area contributed by atoms with Crippen LogP contribution >= 0.6 is 23.5 Å². The van der Waals surface area contributed by atoms with Crippen LogP contribution in [0.1, 0.15) is 25.3 Å². The van der Waals surface area contributed by atoms with Gasteiger partial charge in [0.05, 0.1) is 16.8 Å². The van der Waals surface area contributed by atoms with Gasteiger partial charge in [-0.15, -0.1) is 23.5 Å². The third kappa shape index (κ3) is 4.42. The molecule has 2 rings (SSSR count). The van der Waals surface area contributed by atoms with E-state index in [0.717, 1.165) is 0 Å². The van der Waals surface area contributed by atoms with Crippen LogP contribution < -0.4 is 0 Å². The number of aliphatic hydroxyl groups is 1. The second-order valence-corrected chi connectivity index (χ2v) is 7.71. The molecule has 0 saturated carbocycles. The number of benzene rings is 1. The predicted molar refractivity (Wildman–Crippen MR) is 84.7 cm³/mol. The minimum Gasteiger partial charge on any atom is -0.396 e. The number of hydrogen-bond acceptors (Lipinski definition) is 4. The molecule has 1 atom stereocenters. The fraction of sp³-hybridized carbons (Fsp3) is 0.600. The Morgan fingerprint density at radius 1 is 1.26 bits per heavy atom. The van der Waals surface area contributed by atoms with Gasteiger partial charge >= 0.3 is 0 Å². The molecule has 0 aliphatic carbocycles. The van der Waals surface area contributed by atoms with E-state index in [4.69, 9.17) is 4.74 Å². The number of ether oxygens (including phenoxy) is 1. The van der Waals surface area contributed by atoms with Gasteiger partial charge in [0.1, 0.15) is 0 Å². The number of hydrogen-bond donors (Lipinski definition) is 1. The van der Waals surface area contributed by atoms with E-state index in [1.807, 2.05) is 41.7 Å². The van der Waals surface area contributed by atoms with E-state index in [-0.39, 0.29) is 12.2 Å². The monoisotopic (exact) mass is 298 g/mol. The molecular formula is C15H22O2S2. The van der Waals surface area contributed by atoms with Crippen LogP contribution in [0.2, 0.25) is 0 Å². The van der Waals surface area contributed by atoms with E-state index >= 15 is 0 Å². The summed E-state index contributed by atoms with van der Waals surface area (Å²) in [6.07, 6.45) is 1.98. The second kappa shape index (κ2) is 7.58. The minimum atomic E-state index is -0.250. The maximum Gasteiger partial charge on any atom is 0.0889 e. The lowest BCUT2D eigenvalue weighted by Gasteiger charge is -2.38. The molecule has 2 nitrogen and oxygen atoms in total. The largest absolute Gasteiger partial charge is 0.396 e. The first-order chi connectivity index (χ1) is 9.24. The van der Waals surface area contributed by atoms with Gasteiger partial charge < -0.3 is 9.84 Å². The van der Waals surface area contributed by atoms with Crippen molar-refractivity contribution < 1.29 is 9.84 Å². The third-order valence-electron chi connectivity index (χ3n) is 3.35. The summed E-state index contributed by atoms with van der Waals surface area (Å²) in [5, 5.41) is 9.33. The lowest BCUT2D eigenvalue weighted by molar-refractivity contribution is -0.0453. The van der Waals surface area contributed by atoms with Crippen LogP contribution in [-0.2, 0) is 11.3 Å². The molecule has 1 aliphatic heterocycles. The number of rotatable bonds is 6. The molecule has 1 saturated heterocycles. The Hall–Kier alpha value is -0.160. The van der Waals surface area contributed by atoms with Crippen molar-refractivity contribution in [1.82, 2.24) is 0 Å². The maximum absolute atomic E-state index is 9.33. The number of aliphatic hydroxyl groups excluding tert-OH is 1. The van der Waals surface area contributed by atoms with Crippen LogP contribution in [0.4, 0.5) is 0 Å². The molecule has 1 aromatic carbocycles. The van der Waals surface area contributed by atoms with Gasteiger partial charge in [0.15, 0.2) is 0 Å². The van der Waals surface area contributed by atoms with E-state index < -0.39 is 0 Å². The van der Waals surface area contributed by atoms with Crippen molar-refractivity contribution in [2.75, 3.05) is 18.1 Å². The van der Waals surface area contributed by atoms with Gasteiger partial charge in [-0.2, -0.15) is 0 Å². The van der Waals surface area contributed by atoms with Crippen LogP contribution in [-0.4, -0.2) is 33.4 Å². The molecule has 0 bridgehead atoms. The fourth-order valence-corrected chi connectivity index (χ4v) is 5.41. The highest BCUT2D eigenvalue weighted by Crippen LogP contribution is 2.41. The zero-order chi connectivity index (χ0) is 13.6. The van der Waals surface area contributed by atoms with Gasteiger partial charge in [0.25, 0.3) is 0 Å². The van der Waals surface area contributed by atoms with E-state index in [1.54, 1.807) is 0 Å². The summed E-state index contributed by atoms with van der Waals surface area (Å²) in [6.45, 7) is 2.94. The molecule has 1 N–H and O–H groups in total. The molecule has 0 aromatic heterocycles. The first-order valence-corrected chi connectivity index (χ1v) is 8.86. The molecular weight excluding hydrogens is 276 g/mol. The summed E-state index contributed by atoms with van der Waals surface area (Å²) in [7, 11) is 0. The molecule has 0 amide bonds. The molecule has 1 unspecified atom stereocenters. The summed E-state index contributed by atoms with van der Waals surface area (Å²) in [5.74, 6) is 2.40. The summed E-state index contributed by atoms with van der Waals surface area (Å²) < 4.78 is 6.62. The predicted octanol–water partition coefficient (Wildman–Crippen LogP) is 3.54. The minimum absolute atomic E-state index is 0.183. The van der Waals surface area contributed by atoms with Gasteiger partial charge in [-0.3, -0.25) is 0 Å². The molecule has 4 heteroatoms. The van der Waals surface area contributed by atoms with Crippen molar-refractivity contribution >= 4 is 23.5 Å². The third-order valence-corrected chi connectivity index (χ3v) is 6.81.